The van der Waals surface area contributed by atoms with E-state index < -0.39 is 0 Å². The summed E-state index contributed by atoms with van der Waals surface area (Å²) in [4.78, 5) is 0. The highest BCUT2D eigenvalue weighted by atomic mass is 16.3. The molecule has 1 heteroatoms. The van der Waals surface area contributed by atoms with E-state index in [9.17, 15) is 0 Å². The number of hydrogen-bond donors (Lipinski definition) is 0. The molecule has 0 saturated carbocycles. The lowest BCUT2D eigenvalue weighted by Gasteiger charge is -2.19. The third-order valence-electron chi connectivity index (χ3n) is 9.84. The Balaban J connectivity index is 1.21. The Morgan fingerprint density at radius 2 is 0.787 bits per heavy atom. The first-order valence-corrected chi connectivity index (χ1v) is 16.2. The van der Waals surface area contributed by atoms with Crippen LogP contribution < -0.4 is 0 Å². The fourth-order valence-electron chi connectivity index (χ4n) is 7.73. The van der Waals surface area contributed by atoms with Crippen molar-refractivity contribution in [1.82, 2.24) is 0 Å². The van der Waals surface area contributed by atoms with Crippen molar-refractivity contribution in [3.05, 3.63) is 170 Å². The van der Waals surface area contributed by atoms with E-state index in [1.54, 1.807) is 0 Å². The van der Waals surface area contributed by atoms with Crippen LogP contribution in [0.3, 0.4) is 0 Å². The molecule has 0 amide bonds. The van der Waals surface area contributed by atoms with E-state index in [2.05, 4.69) is 170 Å². The Morgan fingerprint density at radius 3 is 1.47 bits per heavy atom. The van der Waals surface area contributed by atoms with E-state index in [4.69, 9.17) is 4.42 Å². The predicted molar refractivity (Wildman–Crippen MR) is 200 cm³/mol. The largest absolute Gasteiger partial charge is 0.456 e. The van der Waals surface area contributed by atoms with Gasteiger partial charge < -0.3 is 4.42 Å². The zero-order valence-corrected chi connectivity index (χ0v) is 25.6. The maximum absolute atomic E-state index is 6.47. The van der Waals surface area contributed by atoms with Crippen molar-refractivity contribution < 1.29 is 4.42 Å². The van der Waals surface area contributed by atoms with Crippen LogP contribution in [-0.4, -0.2) is 0 Å². The standard InChI is InChI=1S/C46H28O/c1-2-12-29(13-3-1)45-37-18-8-10-20-39(37)46(40-21-11-9-19-38(40)45)41-25-24-33(34-16-6-7-17-35(34)41)32-22-23-36-42-26-30-14-4-5-15-31(30)27-44(42)47-43(36)28-32/h1-28H. The number of benzene rings is 9. The summed E-state index contributed by atoms with van der Waals surface area (Å²) in [6.45, 7) is 0. The molecule has 1 heterocycles. The second kappa shape index (κ2) is 10.2. The lowest BCUT2D eigenvalue weighted by Crippen LogP contribution is -1.92. The summed E-state index contributed by atoms with van der Waals surface area (Å²) in [5, 5.41) is 12.2. The van der Waals surface area contributed by atoms with Gasteiger partial charge in [-0.25, -0.2) is 0 Å². The minimum Gasteiger partial charge on any atom is -0.456 e. The van der Waals surface area contributed by atoms with Crippen molar-refractivity contribution in [2.45, 2.75) is 0 Å². The van der Waals surface area contributed by atoms with Crippen molar-refractivity contribution >= 4 is 65.0 Å². The average Bonchev–Trinajstić information content (AvgIpc) is 3.49. The molecule has 1 nitrogen and oxygen atoms in total. The molecule has 0 unspecified atom stereocenters. The molecule has 1 aromatic heterocycles. The zero-order chi connectivity index (χ0) is 30.9. The molecule has 0 spiro atoms. The average molecular weight is 597 g/mol. The van der Waals surface area contributed by atoms with Crippen LogP contribution in [0.15, 0.2) is 174 Å². The minimum absolute atomic E-state index is 0.912. The maximum Gasteiger partial charge on any atom is 0.136 e. The molecule has 10 aromatic rings. The number of furan rings is 1. The molecular formula is C46H28O. The SMILES string of the molecule is c1ccc(-c2c3ccccc3c(-c3ccc(-c4ccc5c(c4)oc4cc6ccccc6cc45)c4ccccc34)c3ccccc23)cc1. The Bertz CT molecular complexity index is 2780. The molecule has 0 atom stereocenters. The number of rotatable bonds is 3. The van der Waals surface area contributed by atoms with Gasteiger partial charge in [-0.1, -0.05) is 146 Å². The molecule has 0 radical (unpaired) electrons. The van der Waals surface area contributed by atoms with E-state index in [1.807, 2.05) is 0 Å². The summed E-state index contributed by atoms with van der Waals surface area (Å²) in [6, 6.07) is 61.5. The normalized spacial score (nSPS) is 11.8. The van der Waals surface area contributed by atoms with E-state index in [1.165, 1.54) is 70.9 Å². The Kier molecular flexibility index (Phi) is 5.64. The third-order valence-corrected chi connectivity index (χ3v) is 9.84. The number of hydrogen-bond acceptors (Lipinski definition) is 1. The first kappa shape index (κ1) is 26.1. The lowest BCUT2D eigenvalue weighted by molar-refractivity contribution is 0.669. The second-order valence-electron chi connectivity index (χ2n) is 12.4. The summed E-state index contributed by atoms with van der Waals surface area (Å²) < 4.78 is 6.47. The van der Waals surface area contributed by atoms with Crippen molar-refractivity contribution in [1.29, 1.82) is 0 Å². The first-order valence-electron chi connectivity index (χ1n) is 16.2. The Labute approximate surface area is 271 Å². The predicted octanol–water partition coefficient (Wildman–Crippen LogP) is 13.2. The molecule has 47 heavy (non-hydrogen) atoms. The van der Waals surface area contributed by atoms with Crippen molar-refractivity contribution in [2.24, 2.45) is 0 Å². The van der Waals surface area contributed by atoms with Gasteiger partial charge in [0.1, 0.15) is 11.2 Å². The van der Waals surface area contributed by atoms with Gasteiger partial charge in [-0.05, 0) is 101 Å². The molecule has 218 valence electrons. The summed E-state index contributed by atoms with van der Waals surface area (Å²) >= 11 is 0. The molecule has 0 saturated heterocycles. The third kappa shape index (κ3) is 3.97. The van der Waals surface area contributed by atoms with Crippen molar-refractivity contribution in [3.8, 4) is 33.4 Å². The fourth-order valence-corrected chi connectivity index (χ4v) is 7.73. The van der Waals surface area contributed by atoms with Crippen LogP contribution in [0, 0.1) is 0 Å². The summed E-state index contributed by atoms with van der Waals surface area (Å²) in [6.07, 6.45) is 0. The molecule has 0 bridgehead atoms. The van der Waals surface area contributed by atoms with Gasteiger partial charge in [0.2, 0.25) is 0 Å². The monoisotopic (exact) mass is 596 g/mol. The summed E-state index contributed by atoms with van der Waals surface area (Å²) in [7, 11) is 0. The van der Waals surface area contributed by atoms with E-state index in [0.29, 0.717) is 0 Å². The first-order chi connectivity index (χ1) is 23.3. The molecule has 0 aliphatic heterocycles. The van der Waals surface area contributed by atoms with Gasteiger partial charge in [0.05, 0.1) is 0 Å². The van der Waals surface area contributed by atoms with Crippen molar-refractivity contribution in [3.63, 3.8) is 0 Å². The smallest absolute Gasteiger partial charge is 0.136 e. The van der Waals surface area contributed by atoms with Crippen molar-refractivity contribution in [2.75, 3.05) is 0 Å². The summed E-state index contributed by atoms with van der Waals surface area (Å²) in [5.74, 6) is 0. The highest BCUT2D eigenvalue weighted by molar-refractivity contribution is 6.24. The molecular weight excluding hydrogens is 569 g/mol. The molecule has 0 fully saturated rings. The second-order valence-corrected chi connectivity index (χ2v) is 12.4. The summed E-state index contributed by atoms with van der Waals surface area (Å²) in [5.41, 5.74) is 9.23. The van der Waals surface area contributed by atoms with Gasteiger partial charge in [0.25, 0.3) is 0 Å². The maximum atomic E-state index is 6.47. The van der Waals surface area contributed by atoms with Crippen LogP contribution in [0.25, 0.3) is 98.4 Å². The molecule has 0 aliphatic carbocycles. The Morgan fingerprint density at radius 1 is 0.277 bits per heavy atom. The van der Waals surface area contributed by atoms with Gasteiger partial charge in [0.15, 0.2) is 0 Å². The topological polar surface area (TPSA) is 13.1 Å². The van der Waals surface area contributed by atoms with Gasteiger partial charge in [-0.15, -0.1) is 0 Å². The van der Waals surface area contributed by atoms with Crippen LogP contribution in [0.2, 0.25) is 0 Å². The van der Waals surface area contributed by atoms with Gasteiger partial charge in [0, 0.05) is 10.8 Å². The van der Waals surface area contributed by atoms with Gasteiger partial charge in [-0.3, -0.25) is 0 Å². The highest BCUT2D eigenvalue weighted by Gasteiger charge is 2.19. The van der Waals surface area contributed by atoms with Gasteiger partial charge >= 0.3 is 0 Å². The quantitative estimate of drug-likeness (QED) is 0.185. The van der Waals surface area contributed by atoms with Crippen LogP contribution in [0.1, 0.15) is 0 Å². The van der Waals surface area contributed by atoms with E-state index in [-0.39, 0.29) is 0 Å². The van der Waals surface area contributed by atoms with Gasteiger partial charge in [-0.2, -0.15) is 0 Å². The van der Waals surface area contributed by atoms with E-state index >= 15 is 0 Å². The fraction of sp³-hybridized carbons (Fsp3) is 0. The highest BCUT2D eigenvalue weighted by Crippen LogP contribution is 2.46. The lowest BCUT2D eigenvalue weighted by atomic mass is 9.84. The Hall–Kier alpha value is -6.18. The van der Waals surface area contributed by atoms with Crippen LogP contribution in [0.4, 0.5) is 0 Å². The molecule has 9 aromatic carbocycles. The number of fused-ring (bicyclic) bond motifs is 7. The van der Waals surface area contributed by atoms with E-state index in [0.717, 1.165) is 27.5 Å². The van der Waals surface area contributed by atoms with Crippen LogP contribution in [-0.2, 0) is 0 Å². The molecule has 0 aliphatic rings. The van der Waals surface area contributed by atoms with Crippen LogP contribution in [0.5, 0.6) is 0 Å². The minimum atomic E-state index is 0.912. The van der Waals surface area contributed by atoms with Crippen LogP contribution >= 0.6 is 0 Å². The molecule has 0 N–H and O–H groups in total. The molecule has 10 rings (SSSR count). The zero-order valence-electron chi connectivity index (χ0n) is 25.6.